The Morgan fingerprint density at radius 2 is 1.77 bits per heavy atom. The van der Waals surface area contributed by atoms with Gasteiger partial charge >= 0.3 is 0 Å². The van der Waals surface area contributed by atoms with Gasteiger partial charge in [0.1, 0.15) is 11.6 Å². The van der Waals surface area contributed by atoms with Crippen molar-refractivity contribution in [2.24, 2.45) is 7.05 Å². The number of morpholine rings is 1. The summed E-state index contributed by atoms with van der Waals surface area (Å²) >= 11 is 0. The molecule has 1 saturated carbocycles. The summed E-state index contributed by atoms with van der Waals surface area (Å²) in [6, 6.07) is 0. The van der Waals surface area contributed by atoms with Gasteiger partial charge in [0.15, 0.2) is 5.65 Å². The molecule has 1 aliphatic carbocycles. The Bertz CT molecular complexity index is 1060. The molecule has 166 valence electrons. The predicted octanol–water partition coefficient (Wildman–Crippen LogP) is 3.82. The van der Waals surface area contributed by atoms with E-state index in [1.807, 2.05) is 38.0 Å². The number of anilines is 1. The van der Waals surface area contributed by atoms with Gasteiger partial charge in [-0.25, -0.2) is 15.0 Å². The molecular formula is C22H30ClN7O. The van der Waals surface area contributed by atoms with Crippen LogP contribution in [-0.4, -0.2) is 49.4 Å². The monoisotopic (exact) mass is 443 g/mol. The Morgan fingerprint density at radius 1 is 1.00 bits per heavy atom. The standard InChI is InChI=1S/C22H29N7O.ClH/c1-14-15(2)25-21-20(24-14)19(16-7-5-4-6-8-16)26-22(27-21)29-9-10-30-18(13-29)17-11-23-28(3)12-17;/h11-12,16,18H,4-10,13H2,1-3H3;1H. The number of nitrogens with zero attached hydrogens (tertiary/aromatic N) is 7. The van der Waals surface area contributed by atoms with Gasteiger partial charge in [-0.2, -0.15) is 10.1 Å². The van der Waals surface area contributed by atoms with Gasteiger partial charge in [0, 0.05) is 31.3 Å². The molecule has 3 aromatic heterocycles. The molecule has 1 aliphatic heterocycles. The first-order chi connectivity index (χ1) is 14.6. The maximum atomic E-state index is 6.02. The second-order valence-corrected chi connectivity index (χ2v) is 8.56. The van der Waals surface area contributed by atoms with Crippen LogP contribution >= 0.6 is 12.4 Å². The first-order valence-electron chi connectivity index (χ1n) is 11.0. The molecule has 3 aromatic rings. The topological polar surface area (TPSA) is 81.9 Å². The number of hydrogen-bond donors (Lipinski definition) is 0. The van der Waals surface area contributed by atoms with E-state index in [1.54, 1.807) is 0 Å². The van der Waals surface area contributed by atoms with E-state index in [4.69, 9.17) is 24.7 Å². The maximum Gasteiger partial charge on any atom is 0.227 e. The second kappa shape index (κ2) is 9.04. The van der Waals surface area contributed by atoms with Gasteiger partial charge in [-0.05, 0) is 26.7 Å². The van der Waals surface area contributed by atoms with E-state index in [0.29, 0.717) is 24.7 Å². The van der Waals surface area contributed by atoms with Gasteiger partial charge in [-0.15, -0.1) is 12.4 Å². The SMILES string of the molecule is Cc1nc2nc(N3CCOC(c4cnn(C)c4)C3)nc(C3CCCCC3)c2nc1C.Cl. The van der Waals surface area contributed by atoms with E-state index in [-0.39, 0.29) is 18.5 Å². The molecule has 0 N–H and O–H groups in total. The first-order valence-corrected chi connectivity index (χ1v) is 11.0. The summed E-state index contributed by atoms with van der Waals surface area (Å²) in [5.74, 6) is 1.19. The zero-order chi connectivity index (χ0) is 20.7. The van der Waals surface area contributed by atoms with E-state index in [2.05, 4.69) is 10.00 Å². The molecule has 5 rings (SSSR count). The van der Waals surface area contributed by atoms with Crippen molar-refractivity contribution >= 4 is 29.5 Å². The van der Waals surface area contributed by atoms with E-state index < -0.39 is 0 Å². The third-order valence-electron chi connectivity index (χ3n) is 6.40. The maximum absolute atomic E-state index is 6.02. The summed E-state index contributed by atoms with van der Waals surface area (Å²) < 4.78 is 7.83. The summed E-state index contributed by atoms with van der Waals surface area (Å²) in [6.45, 7) is 6.13. The number of halogens is 1. The minimum absolute atomic E-state index is 0. The fourth-order valence-electron chi connectivity index (χ4n) is 4.56. The highest BCUT2D eigenvalue weighted by Gasteiger charge is 2.28. The van der Waals surface area contributed by atoms with Crippen molar-refractivity contribution in [2.45, 2.75) is 58.0 Å². The normalized spacial score (nSPS) is 20.1. The molecule has 4 heterocycles. The Hall–Kier alpha value is -2.32. The van der Waals surface area contributed by atoms with Gasteiger partial charge in [0.2, 0.25) is 5.95 Å². The largest absolute Gasteiger partial charge is 0.370 e. The van der Waals surface area contributed by atoms with Crippen molar-refractivity contribution in [3.63, 3.8) is 0 Å². The van der Waals surface area contributed by atoms with Crippen LogP contribution in [0, 0.1) is 13.8 Å². The van der Waals surface area contributed by atoms with Crippen LogP contribution in [0.1, 0.15) is 66.8 Å². The molecule has 1 saturated heterocycles. The smallest absolute Gasteiger partial charge is 0.227 e. The van der Waals surface area contributed by atoms with Crippen molar-refractivity contribution in [1.29, 1.82) is 0 Å². The molecule has 2 fully saturated rings. The van der Waals surface area contributed by atoms with E-state index in [0.717, 1.165) is 40.7 Å². The summed E-state index contributed by atoms with van der Waals surface area (Å²) in [5, 5.41) is 4.29. The number of fused-ring (bicyclic) bond motifs is 1. The summed E-state index contributed by atoms with van der Waals surface area (Å²) in [4.78, 5) is 21.8. The van der Waals surface area contributed by atoms with Gasteiger partial charge in [0.25, 0.3) is 0 Å². The lowest BCUT2D eigenvalue weighted by molar-refractivity contribution is 0.0392. The Labute approximate surface area is 188 Å². The fourth-order valence-corrected chi connectivity index (χ4v) is 4.56. The van der Waals surface area contributed by atoms with Crippen LogP contribution in [0.2, 0.25) is 0 Å². The molecule has 31 heavy (non-hydrogen) atoms. The van der Waals surface area contributed by atoms with Gasteiger partial charge in [-0.3, -0.25) is 4.68 Å². The average molecular weight is 444 g/mol. The van der Waals surface area contributed by atoms with Gasteiger partial charge < -0.3 is 9.64 Å². The van der Waals surface area contributed by atoms with Crippen molar-refractivity contribution in [2.75, 3.05) is 24.6 Å². The van der Waals surface area contributed by atoms with Crippen LogP contribution in [0.15, 0.2) is 12.4 Å². The lowest BCUT2D eigenvalue weighted by Gasteiger charge is -2.33. The lowest BCUT2D eigenvalue weighted by Crippen LogP contribution is -2.39. The van der Waals surface area contributed by atoms with E-state index >= 15 is 0 Å². The summed E-state index contributed by atoms with van der Waals surface area (Å²) in [6.07, 6.45) is 10.0. The second-order valence-electron chi connectivity index (χ2n) is 8.56. The Morgan fingerprint density at radius 3 is 2.52 bits per heavy atom. The van der Waals surface area contributed by atoms with Crippen LogP contribution in [0.5, 0.6) is 0 Å². The Balaban J connectivity index is 0.00000231. The van der Waals surface area contributed by atoms with Crippen molar-refractivity contribution in [3.8, 4) is 0 Å². The highest BCUT2D eigenvalue weighted by molar-refractivity contribution is 5.85. The summed E-state index contributed by atoms with van der Waals surface area (Å²) in [7, 11) is 1.93. The molecule has 0 amide bonds. The predicted molar refractivity (Wildman–Crippen MR) is 122 cm³/mol. The average Bonchev–Trinajstić information content (AvgIpc) is 3.21. The molecule has 0 radical (unpaired) electrons. The van der Waals surface area contributed by atoms with E-state index in [1.165, 1.54) is 32.1 Å². The van der Waals surface area contributed by atoms with Crippen molar-refractivity contribution in [1.82, 2.24) is 29.7 Å². The van der Waals surface area contributed by atoms with Crippen LogP contribution in [0.25, 0.3) is 11.2 Å². The highest BCUT2D eigenvalue weighted by atomic mass is 35.5. The van der Waals surface area contributed by atoms with Gasteiger partial charge in [0.05, 0.1) is 36.4 Å². The Kier molecular flexibility index (Phi) is 6.39. The van der Waals surface area contributed by atoms with Crippen LogP contribution in [-0.2, 0) is 11.8 Å². The molecule has 2 aliphatic rings. The number of ether oxygens (including phenoxy) is 1. The summed E-state index contributed by atoms with van der Waals surface area (Å²) in [5.41, 5.74) is 5.64. The number of hydrogen-bond acceptors (Lipinski definition) is 7. The molecule has 0 bridgehead atoms. The molecule has 8 nitrogen and oxygen atoms in total. The minimum Gasteiger partial charge on any atom is -0.370 e. The van der Waals surface area contributed by atoms with Gasteiger partial charge in [-0.1, -0.05) is 19.3 Å². The van der Waals surface area contributed by atoms with E-state index in [9.17, 15) is 0 Å². The van der Waals surface area contributed by atoms with Crippen LogP contribution in [0.4, 0.5) is 5.95 Å². The zero-order valence-electron chi connectivity index (χ0n) is 18.4. The molecule has 1 atom stereocenters. The molecule has 9 heteroatoms. The molecule has 0 aromatic carbocycles. The van der Waals surface area contributed by atoms with Crippen LogP contribution in [0.3, 0.4) is 0 Å². The number of aryl methyl sites for hydroxylation is 3. The molecular weight excluding hydrogens is 414 g/mol. The minimum atomic E-state index is -0.0317. The zero-order valence-corrected chi connectivity index (χ0v) is 19.2. The number of aromatic nitrogens is 6. The third-order valence-corrected chi connectivity index (χ3v) is 6.40. The van der Waals surface area contributed by atoms with Crippen molar-refractivity contribution in [3.05, 3.63) is 35.0 Å². The number of rotatable bonds is 3. The molecule has 1 unspecified atom stereocenters. The first kappa shape index (κ1) is 21.9. The third kappa shape index (κ3) is 4.36. The fraction of sp³-hybridized carbons (Fsp3) is 0.591. The lowest BCUT2D eigenvalue weighted by atomic mass is 9.86. The highest BCUT2D eigenvalue weighted by Crippen LogP contribution is 2.35. The van der Waals surface area contributed by atoms with Crippen molar-refractivity contribution < 1.29 is 4.74 Å². The quantitative estimate of drug-likeness (QED) is 0.608. The van der Waals surface area contributed by atoms with Crippen LogP contribution < -0.4 is 4.90 Å². The molecule has 0 spiro atoms.